The van der Waals surface area contributed by atoms with Crippen LogP contribution in [0.5, 0.6) is 5.75 Å². The number of ketones is 1. The van der Waals surface area contributed by atoms with E-state index < -0.39 is 39.7 Å². The molecule has 40 heavy (non-hydrogen) atoms. The van der Waals surface area contributed by atoms with E-state index >= 15 is 0 Å². The predicted octanol–water partition coefficient (Wildman–Crippen LogP) is 2.83. The van der Waals surface area contributed by atoms with Gasteiger partial charge in [-0.2, -0.15) is 4.31 Å². The number of ether oxygens (including phenoxy) is 1. The number of Topliss-reactive ketones (excluding diaryl/α,β-unsaturated/α-hetero) is 1. The highest BCUT2D eigenvalue weighted by Gasteiger charge is 2.35. The topological polar surface area (TPSA) is 148 Å². The fourth-order valence-electron chi connectivity index (χ4n) is 4.66. The van der Waals surface area contributed by atoms with Crippen molar-refractivity contribution in [3.63, 3.8) is 0 Å². The Hall–Kier alpha value is -3.77. The van der Waals surface area contributed by atoms with Crippen molar-refractivity contribution in [2.75, 3.05) is 20.2 Å². The third kappa shape index (κ3) is 6.50. The second-order valence-corrected chi connectivity index (χ2v) is 12.2. The van der Waals surface area contributed by atoms with Crippen molar-refractivity contribution in [2.45, 2.75) is 57.1 Å². The molecule has 2 aromatic heterocycles. The molecule has 3 heterocycles. The lowest BCUT2D eigenvalue weighted by Gasteiger charge is -2.23. The van der Waals surface area contributed by atoms with Crippen LogP contribution in [0.1, 0.15) is 49.4 Å². The molecule has 0 saturated carbocycles. The molecule has 1 aromatic carbocycles. The fourth-order valence-corrected chi connectivity index (χ4v) is 6.10. The number of aryl methyl sites for hydroxylation is 1. The lowest BCUT2D eigenvalue weighted by Crippen LogP contribution is -2.52. The Morgan fingerprint density at radius 2 is 1.95 bits per heavy atom. The number of aromatic nitrogens is 1. The maximum absolute atomic E-state index is 13.3. The highest BCUT2D eigenvalue weighted by molar-refractivity contribution is 7.89. The van der Waals surface area contributed by atoms with Gasteiger partial charge in [-0.25, -0.2) is 13.4 Å². The van der Waals surface area contributed by atoms with Crippen molar-refractivity contribution in [3.05, 3.63) is 53.9 Å². The molecule has 12 heteroatoms. The minimum absolute atomic E-state index is 0.0252. The molecule has 2 atom stereocenters. The first-order valence-corrected chi connectivity index (χ1v) is 14.6. The quantitative estimate of drug-likeness (QED) is 0.399. The first kappa shape index (κ1) is 29.2. The summed E-state index contributed by atoms with van der Waals surface area (Å²) in [6.45, 7) is 5.26. The van der Waals surface area contributed by atoms with Gasteiger partial charge in [-0.1, -0.05) is 32.0 Å². The van der Waals surface area contributed by atoms with Crippen LogP contribution in [0.15, 0.2) is 51.9 Å². The standard InChI is InChI=1S/C28H34N4O7S/c1-17(2)14-21(31-28(35)24-15-19-9-6-11-23(38-4)26(19)39-24)27(34)30-20-10-7-13-32(16-22(20)33)40(36,37)25-12-5-8-18(3)29-25/h5-6,8-9,11-12,15,17,20-21H,7,10,13-14,16H2,1-4H3,(H,30,34)(H,31,35)/t20?,21-/m0/s1. The summed E-state index contributed by atoms with van der Waals surface area (Å²) in [5, 5.41) is 6.04. The van der Waals surface area contributed by atoms with Gasteiger partial charge in [0.1, 0.15) is 6.04 Å². The largest absolute Gasteiger partial charge is 0.493 e. The molecule has 0 bridgehead atoms. The number of carbonyl (C=O) groups excluding carboxylic acids is 3. The van der Waals surface area contributed by atoms with E-state index in [2.05, 4.69) is 15.6 Å². The van der Waals surface area contributed by atoms with E-state index in [4.69, 9.17) is 9.15 Å². The lowest BCUT2D eigenvalue weighted by molar-refractivity contribution is -0.129. The van der Waals surface area contributed by atoms with E-state index in [1.54, 1.807) is 43.3 Å². The molecule has 0 spiro atoms. The van der Waals surface area contributed by atoms with E-state index in [0.717, 1.165) is 4.31 Å². The zero-order valence-corrected chi connectivity index (χ0v) is 23.8. The first-order valence-electron chi connectivity index (χ1n) is 13.1. The van der Waals surface area contributed by atoms with Crippen LogP contribution in [0.3, 0.4) is 0 Å². The molecule has 214 valence electrons. The van der Waals surface area contributed by atoms with Gasteiger partial charge in [-0.3, -0.25) is 14.4 Å². The van der Waals surface area contributed by atoms with Crippen molar-refractivity contribution >= 4 is 38.6 Å². The van der Waals surface area contributed by atoms with E-state index in [1.807, 2.05) is 13.8 Å². The second-order valence-electron chi connectivity index (χ2n) is 10.3. The number of pyridine rings is 1. The molecule has 1 saturated heterocycles. The predicted molar refractivity (Wildman–Crippen MR) is 147 cm³/mol. The molecule has 2 N–H and O–H groups in total. The first-order chi connectivity index (χ1) is 19.0. The van der Waals surface area contributed by atoms with Crippen LogP contribution >= 0.6 is 0 Å². The summed E-state index contributed by atoms with van der Waals surface area (Å²) in [5.74, 6) is -0.966. The molecular formula is C28H34N4O7S. The summed E-state index contributed by atoms with van der Waals surface area (Å²) >= 11 is 0. The number of fused-ring (bicyclic) bond motifs is 1. The fraction of sp³-hybridized carbons (Fsp3) is 0.429. The molecule has 1 aliphatic rings. The van der Waals surface area contributed by atoms with Crippen LogP contribution in [-0.2, 0) is 19.6 Å². The summed E-state index contributed by atoms with van der Waals surface area (Å²) in [5.41, 5.74) is 0.969. The summed E-state index contributed by atoms with van der Waals surface area (Å²) < 4.78 is 38.3. The van der Waals surface area contributed by atoms with Gasteiger partial charge < -0.3 is 19.8 Å². The number of nitrogens with one attached hydrogen (secondary N) is 2. The van der Waals surface area contributed by atoms with E-state index in [9.17, 15) is 22.8 Å². The Bertz CT molecular complexity index is 1520. The van der Waals surface area contributed by atoms with Gasteiger partial charge in [0.25, 0.3) is 15.9 Å². The number of methoxy groups -OCH3 is 1. The maximum atomic E-state index is 13.3. The molecule has 11 nitrogen and oxygen atoms in total. The van der Waals surface area contributed by atoms with Gasteiger partial charge in [0, 0.05) is 17.6 Å². The van der Waals surface area contributed by atoms with Gasteiger partial charge in [-0.05, 0) is 56.4 Å². The average molecular weight is 571 g/mol. The Kier molecular flexibility index (Phi) is 8.89. The smallest absolute Gasteiger partial charge is 0.287 e. The summed E-state index contributed by atoms with van der Waals surface area (Å²) in [7, 11) is -2.47. The Labute approximate surface area is 233 Å². The number of hydrogen-bond donors (Lipinski definition) is 2. The molecule has 4 rings (SSSR count). The number of para-hydroxylation sites is 1. The Morgan fingerprint density at radius 1 is 1.20 bits per heavy atom. The summed E-state index contributed by atoms with van der Waals surface area (Å²) in [6, 6.07) is 9.72. The molecule has 1 fully saturated rings. The molecule has 1 unspecified atom stereocenters. The van der Waals surface area contributed by atoms with E-state index in [0.29, 0.717) is 35.3 Å². The molecule has 2 amide bonds. The van der Waals surface area contributed by atoms with Crippen molar-refractivity contribution < 1.29 is 32.0 Å². The maximum Gasteiger partial charge on any atom is 0.287 e. The number of rotatable bonds is 9. The Balaban J connectivity index is 1.46. The molecule has 1 aliphatic heterocycles. The van der Waals surface area contributed by atoms with Crippen LogP contribution in [0, 0.1) is 12.8 Å². The number of hydrogen-bond acceptors (Lipinski definition) is 8. The number of furan rings is 1. The SMILES string of the molecule is COc1cccc2cc(C(=O)N[C@@H](CC(C)C)C(=O)NC3CCCN(S(=O)(=O)c4cccc(C)n4)CC3=O)oc12. The third-order valence-electron chi connectivity index (χ3n) is 6.69. The van der Waals surface area contributed by atoms with Crippen LogP contribution in [0.25, 0.3) is 11.0 Å². The molecule has 3 aromatic rings. The van der Waals surface area contributed by atoms with Crippen molar-refractivity contribution in [3.8, 4) is 5.75 Å². The molecular weight excluding hydrogens is 536 g/mol. The van der Waals surface area contributed by atoms with Crippen LogP contribution in [0.2, 0.25) is 0 Å². The van der Waals surface area contributed by atoms with Crippen molar-refractivity contribution in [1.82, 2.24) is 19.9 Å². The zero-order valence-electron chi connectivity index (χ0n) is 23.0. The van der Waals surface area contributed by atoms with Gasteiger partial charge in [0.2, 0.25) is 5.91 Å². The van der Waals surface area contributed by atoms with Gasteiger partial charge in [0.05, 0.1) is 19.7 Å². The van der Waals surface area contributed by atoms with E-state index in [-0.39, 0.29) is 36.2 Å². The van der Waals surface area contributed by atoms with E-state index in [1.165, 1.54) is 13.2 Å². The number of amides is 2. The second kappa shape index (κ2) is 12.2. The minimum Gasteiger partial charge on any atom is -0.493 e. The molecule has 0 aliphatic carbocycles. The number of sulfonamides is 1. The minimum atomic E-state index is -3.98. The summed E-state index contributed by atoms with van der Waals surface area (Å²) in [4.78, 5) is 43.6. The number of nitrogens with zero attached hydrogens (tertiary/aromatic N) is 2. The van der Waals surface area contributed by atoms with Crippen LogP contribution < -0.4 is 15.4 Å². The van der Waals surface area contributed by atoms with Crippen molar-refractivity contribution in [2.24, 2.45) is 5.92 Å². The Morgan fingerprint density at radius 3 is 2.65 bits per heavy atom. The summed E-state index contributed by atoms with van der Waals surface area (Å²) in [6.07, 6.45) is 0.953. The van der Waals surface area contributed by atoms with Crippen LogP contribution in [0.4, 0.5) is 0 Å². The molecule has 0 radical (unpaired) electrons. The zero-order chi connectivity index (χ0) is 29.0. The van der Waals surface area contributed by atoms with Gasteiger partial charge >= 0.3 is 0 Å². The van der Waals surface area contributed by atoms with Gasteiger partial charge in [0.15, 0.2) is 27.9 Å². The lowest BCUT2D eigenvalue weighted by atomic mass is 10.0. The average Bonchev–Trinajstić information content (AvgIpc) is 3.27. The third-order valence-corrected chi connectivity index (χ3v) is 8.43. The monoisotopic (exact) mass is 570 g/mol. The van der Waals surface area contributed by atoms with Crippen molar-refractivity contribution in [1.29, 1.82) is 0 Å². The highest BCUT2D eigenvalue weighted by atomic mass is 32.2. The normalized spacial score (nSPS) is 17.4. The highest BCUT2D eigenvalue weighted by Crippen LogP contribution is 2.28. The van der Waals surface area contributed by atoms with Gasteiger partial charge in [-0.15, -0.1) is 0 Å². The number of carbonyl (C=O) groups is 3. The van der Waals surface area contributed by atoms with Crippen LogP contribution in [-0.4, -0.2) is 67.6 Å². The number of benzene rings is 1.